The Morgan fingerprint density at radius 3 is 1.31 bits per heavy atom. The normalized spacial score (nSPS) is 12.6. The number of pyridine rings is 11. The van der Waals surface area contributed by atoms with Crippen molar-refractivity contribution in [3.05, 3.63) is 302 Å². The number of carbonyl (C=O) groups excluding carboxylic acids is 3. The number of alkyl halides is 12. The predicted octanol–water partition coefficient (Wildman–Crippen LogP) is 12.5. The summed E-state index contributed by atoms with van der Waals surface area (Å²) in [5.74, 6) is 0.370. The van der Waals surface area contributed by atoms with Crippen molar-refractivity contribution in [2.75, 3.05) is 27.2 Å². The van der Waals surface area contributed by atoms with Crippen molar-refractivity contribution in [2.24, 2.45) is 10.9 Å². The van der Waals surface area contributed by atoms with E-state index >= 15 is 0 Å². The highest BCUT2D eigenvalue weighted by molar-refractivity contribution is 6.09. The molecule has 10 N–H and O–H groups in total. The summed E-state index contributed by atoms with van der Waals surface area (Å²) in [6.45, 7) is 0. The molecule has 0 saturated heterocycles. The van der Waals surface area contributed by atoms with E-state index in [-0.39, 0.29) is 56.8 Å². The standard InChI is InChI=1S/C20H13F3N6O.C15H10F3N5O.C15H9F3N4O2.C9H6F3NO2.C6H6N4.C6H5N3.C5H6N2/c21-20(22,23)18-10-17(13-2-1-7-25-11-13)28-29(18)15-3-4-16(26-12-15)19(30)27-14-5-8-24-9-6-14;16-15(17,18)14(24)6-13(10-2-1-5-20-8-10)22-23(14)12-4-3-11(7-19)21-9-12;16-15(17,18)13-6-12(9-2-1-5-19-7-9)21-22(13)10-3-4-11(14(23)24)20-8-10;10-9(11,12)8(15)4-7(14)6-2-1-3-13-5-6;7-3-5-1-2-6(10-8)4-9-5;7-3-6-2-1-5(8)4-9-6;6-5-1-3-7-4-2-5/h1-12H,(H,24,27,30);1-5,8-9,24H,6H2;1-8H,(H,23,24);1-3,5H,4H2;1-2,4,10H,8H2;1-2,4H,8H2;1-4H,(H2,6,7). The Hall–Kier alpha value is -16.2. The number of nitriles is 3. The lowest BCUT2D eigenvalue weighted by Gasteiger charge is -2.33. The maximum Gasteiger partial charge on any atom is 0.450 e. The molecule has 0 fully saturated rings. The summed E-state index contributed by atoms with van der Waals surface area (Å²) in [7, 11) is 0. The van der Waals surface area contributed by atoms with Crippen LogP contribution in [0.5, 0.6) is 0 Å². The van der Waals surface area contributed by atoms with E-state index in [4.69, 9.17) is 38.2 Å². The number of nitrogens with zero attached hydrogens (tertiary/aromatic N) is 20. The van der Waals surface area contributed by atoms with E-state index in [1.54, 1.807) is 103 Å². The number of nitrogens with two attached hydrogens (primary N) is 3. The molecule has 14 heterocycles. The number of ketones is 2. The minimum atomic E-state index is -4.96. The molecular weight excluding hydrogens is 1590 g/mol. The quantitative estimate of drug-likeness (QED) is 0.0185. The highest BCUT2D eigenvalue weighted by atomic mass is 19.4. The van der Waals surface area contributed by atoms with E-state index in [9.17, 15) is 77.0 Å². The molecule has 14 rings (SSSR count). The van der Waals surface area contributed by atoms with Crippen molar-refractivity contribution in [3.8, 4) is 52.1 Å². The van der Waals surface area contributed by atoms with Crippen LogP contribution in [0.4, 0.5) is 81.1 Å². The number of nitrogen functional groups attached to an aromatic ring is 3. The number of hydrazine groups is 1. The molecule has 1 amide bonds. The number of aromatic carboxylic acids is 1. The number of carboxylic acids is 1. The van der Waals surface area contributed by atoms with Crippen molar-refractivity contribution >= 4 is 57.6 Å². The lowest BCUT2D eigenvalue weighted by atomic mass is 10.0. The fraction of sp³-hybridized carbons (Fsp3) is 0.0921. The van der Waals surface area contributed by atoms with Gasteiger partial charge in [-0.15, -0.1) is 0 Å². The zero-order valence-corrected chi connectivity index (χ0v) is 60.3. The molecule has 31 nitrogen and oxygen atoms in total. The molecule has 0 aliphatic carbocycles. The first-order valence-corrected chi connectivity index (χ1v) is 33.2. The summed E-state index contributed by atoms with van der Waals surface area (Å²) in [5, 5.41) is 59.5. The molecular formula is C76H55F12N25O6. The number of aromatic nitrogens is 15. The van der Waals surface area contributed by atoms with Gasteiger partial charge in [-0.2, -0.15) is 83.8 Å². The lowest BCUT2D eigenvalue weighted by molar-refractivity contribution is -0.254. The second-order valence-corrected chi connectivity index (χ2v) is 23.4. The van der Waals surface area contributed by atoms with Crippen LogP contribution in [0, 0.1) is 34.0 Å². The molecule has 1 atom stereocenters. The van der Waals surface area contributed by atoms with Crippen molar-refractivity contribution < 1.29 is 82.1 Å². The molecule has 0 aromatic carbocycles. The fourth-order valence-corrected chi connectivity index (χ4v) is 9.35. The van der Waals surface area contributed by atoms with Gasteiger partial charge in [0, 0.05) is 108 Å². The van der Waals surface area contributed by atoms with E-state index in [1.165, 1.54) is 111 Å². The van der Waals surface area contributed by atoms with Gasteiger partial charge in [0.15, 0.2) is 5.78 Å². The second kappa shape index (κ2) is 40.5. The van der Waals surface area contributed by atoms with Crippen LogP contribution in [0.1, 0.15) is 78.2 Å². The summed E-state index contributed by atoms with van der Waals surface area (Å²) in [4.78, 5) is 86.3. The summed E-state index contributed by atoms with van der Waals surface area (Å²) in [5.41, 5.74) is 12.5. The van der Waals surface area contributed by atoms with Crippen LogP contribution in [0.2, 0.25) is 0 Å². The van der Waals surface area contributed by atoms with Crippen LogP contribution in [0.3, 0.4) is 0 Å². The fourth-order valence-electron chi connectivity index (χ4n) is 9.35. The number of halogens is 12. The highest BCUT2D eigenvalue weighted by Gasteiger charge is 2.62. The van der Waals surface area contributed by atoms with Gasteiger partial charge in [-0.3, -0.25) is 50.1 Å². The number of amides is 1. The molecule has 1 aliphatic heterocycles. The third-order valence-corrected chi connectivity index (χ3v) is 15.1. The van der Waals surface area contributed by atoms with Gasteiger partial charge < -0.3 is 32.4 Å². The van der Waals surface area contributed by atoms with Gasteiger partial charge in [-0.1, -0.05) is 6.07 Å². The molecule has 0 saturated carbocycles. The van der Waals surface area contributed by atoms with Crippen LogP contribution in [-0.2, 0) is 17.1 Å². The summed E-state index contributed by atoms with van der Waals surface area (Å²) < 4.78 is 158. The Morgan fingerprint density at radius 2 is 0.933 bits per heavy atom. The first kappa shape index (κ1) is 88.3. The molecule has 43 heteroatoms. The van der Waals surface area contributed by atoms with E-state index in [1.807, 2.05) is 12.1 Å². The third-order valence-electron chi connectivity index (χ3n) is 15.1. The monoisotopic (exact) mass is 1640 g/mol. The van der Waals surface area contributed by atoms with Gasteiger partial charge in [0.2, 0.25) is 5.78 Å². The number of aliphatic hydroxyl groups is 1. The van der Waals surface area contributed by atoms with Crippen molar-refractivity contribution in [3.63, 3.8) is 0 Å². The molecule has 13 aromatic heterocycles. The predicted molar refractivity (Wildman–Crippen MR) is 399 cm³/mol. The van der Waals surface area contributed by atoms with Crippen LogP contribution >= 0.6 is 0 Å². The zero-order chi connectivity index (χ0) is 86.5. The molecule has 604 valence electrons. The minimum Gasteiger partial charge on any atom is -0.477 e. The molecule has 1 aliphatic rings. The molecule has 119 heavy (non-hydrogen) atoms. The van der Waals surface area contributed by atoms with E-state index in [0.29, 0.717) is 54.8 Å². The van der Waals surface area contributed by atoms with Gasteiger partial charge in [0.05, 0.1) is 89.4 Å². The molecule has 0 radical (unpaired) electrons. The lowest BCUT2D eigenvalue weighted by Crippen LogP contribution is -2.55. The Kier molecular flexibility index (Phi) is 30.1. The first-order chi connectivity index (χ1) is 56.6. The second-order valence-electron chi connectivity index (χ2n) is 23.4. The topological polar surface area (TPSA) is 475 Å². The van der Waals surface area contributed by atoms with Crippen LogP contribution in [0.25, 0.3) is 33.9 Å². The first-order valence-electron chi connectivity index (χ1n) is 33.2. The third kappa shape index (κ3) is 25.4. The number of nitrogens with one attached hydrogen (secondary N) is 2. The zero-order valence-electron chi connectivity index (χ0n) is 60.3. The average molecular weight is 1640 g/mol. The van der Waals surface area contributed by atoms with Crippen molar-refractivity contribution in [1.29, 1.82) is 15.8 Å². The largest absolute Gasteiger partial charge is 0.477 e. The van der Waals surface area contributed by atoms with Gasteiger partial charge in [0.1, 0.15) is 58.1 Å². The maximum atomic E-state index is 13.5. The summed E-state index contributed by atoms with van der Waals surface area (Å²) >= 11 is 0. The SMILES string of the molecule is N#Cc1ccc(N)cn1.N#Cc1ccc(N2N=C(c3cccnc3)CC2(O)C(F)(F)F)cn1.N#Cc1ccc(NN)cn1.Nc1ccncc1.O=C(CC(=O)C(F)(F)F)c1cccnc1.O=C(Nc1ccncc1)c1ccc(-n2nc(-c3cccnc3)cc2C(F)(F)F)cn1.O=C(O)c1ccc(-n2nc(-c3cccnc3)cc2C(F)(F)F)cn1. The highest BCUT2D eigenvalue weighted by Crippen LogP contribution is 2.44. The number of rotatable bonds is 13. The average Bonchev–Trinajstić information content (AvgIpc) is 1.61. The van der Waals surface area contributed by atoms with Crippen LogP contribution < -0.4 is 33.1 Å². The molecule has 13 aromatic rings. The minimum absolute atomic E-state index is 0.00228. The Bertz CT molecular complexity index is 5680. The van der Waals surface area contributed by atoms with Gasteiger partial charge in [-0.25, -0.2) is 44.1 Å². The van der Waals surface area contributed by atoms with E-state index in [2.05, 4.69) is 80.9 Å². The molecule has 1 unspecified atom stereocenters. The number of anilines is 5. The van der Waals surface area contributed by atoms with Gasteiger partial charge in [0.25, 0.3) is 11.6 Å². The Balaban J connectivity index is 0.000000182. The van der Waals surface area contributed by atoms with Gasteiger partial charge >= 0.3 is 30.7 Å². The van der Waals surface area contributed by atoms with Crippen molar-refractivity contribution in [1.82, 2.24) is 74.4 Å². The van der Waals surface area contributed by atoms with Crippen molar-refractivity contribution in [2.45, 2.75) is 43.3 Å². The van der Waals surface area contributed by atoms with Crippen LogP contribution in [-0.4, -0.2) is 132 Å². The summed E-state index contributed by atoms with van der Waals surface area (Å²) in [6.07, 6.45) is 2.66. The number of carbonyl (C=O) groups is 4. The summed E-state index contributed by atoms with van der Waals surface area (Å²) in [6, 6.07) is 40.4. The van der Waals surface area contributed by atoms with E-state index < -0.39 is 78.1 Å². The Labute approximate surface area is 662 Å². The number of carboxylic acid groups (broad SMARTS) is 1. The molecule has 0 bridgehead atoms. The molecule has 0 spiro atoms. The number of hydrazone groups is 1. The Morgan fingerprint density at radius 1 is 0.479 bits per heavy atom. The maximum absolute atomic E-state index is 13.5. The number of hydrogen-bond donors (Lipinski definition) is 7. The smallest absolute Gasteiger partial charge is 0.450 e. The van der Waals surface area contributed by atoms with Gasteiger partial charge in [-0.05, 0) is 140 Å². The number of Topliss-reactive ketones (excluding diaryl/α,β-unsaturated/α-hetero) is 2. The number of hydrogen-bond acceptors (Lipinski definition) is 27. The van der Waals surface area contributed by atoms with E-state index in [0.717, 1.165) is 53.4 Å². The van der Waals surface area contributed by atoms with Crippen LogP contribution in [0.15, 0.2) is 256 Å².